The van der Waals surface area contributed by atoms with Crippen LogP contribution in [0.2, 0.25) is 0 Å². The molecule has 0 amide bonds. The second kappa shape index (κ2) is 5.48. The summed E-state index contributed by atoms with van der Waals surface area (Å²) >= 11 is 0. The molecule has 2 N–H and O–H groups in total. The number of carboxylic acids is 1. The van der Waals surface area contributed by atoms with Gasteiger partial charge in [-0.2, -0.15) is 0 Å². The normalized spacial score (nSPS) is 10.4. The Labute approximate surface area is 110 Å². The third kappa shape index (κ3) is 3.07. The van der Waals surface area contributed by atoms with Gasteiger partial charge in [0.25, 0.3) is 5.56 Å². The van der Waals surface area contributed by atoms with Gasteiger partial charge in [-0.15, -0.1) is 0 Å². The average Bonchev–Trinajstić information content (AvgIpc) is 2.37. The molecule has 0 saturated heterocycles. The summed E-state index contributed by atoms with van der Waals surface area (Å²) in [5.74, 6) is -0.766. The van der Waals surface area contributed by atoms with Gasteiger partial charge in [-0.05, 0) is 24.5 Å². The second-order valence-electron chi connectivity index (χ2n) is 4.30. The SMILES string of the molecule is Cc1ccccc1CCc1ncc(C(=O)O)c(=O)[nH]1. The lowest BCUT2D eigenvalue weighted by Gasteiger charge is -2.05. The third-order valence-corrected chi connectivity index (χ3v) is 2.97. The van der Waals surface area contributed by atoms with Gasteiger partial charge in [0.2, 0.25) is 0 Å². The van der Waals surface area contributed by atoms with Crippen molar-refractivity contribution in [2.75, 3.05) is 0 Å². The zero-order valence-electron chi connectivity index (χ0n) is 10.5. The minimum atomic E-state index is -1.26. The quantitative estimate of drug-likeness (QED) is 0.871. The van der Waals surface area contributed by atoms with Gasteiger partial charge in [0.05, 0.1) is 0 Å². The van der Waals surface area contributed by atoms with E-state index in [1.807, 2.05) is 31.2 Å². The summed E-state index contributed by atoms with van der Waals surface area (Å²) in [7, 11) is 0. The number of aromatic nitrogens is 2. The Morgan fingerprint density at radius 1 is 1.32 bits per heavy atom. The van der Waals surface area contributed by atoms with Gasteiger partial charge in [-0.1, -0.05) is 24.3 Å². The molecule has 0 aliphatic rings. The predicted molar refractivity (Wildman–Crippen MR) is 70.4 cm³/mol. The van der Waals surface area contributed by atoms with Crippen LogP contribution in [0.4, 0.5) is 0 Å². The Hall–Kier alpha value is -2.43. The van der Waals surface area contributed by atoms with Crippen LogP contribution in [0.5, 0.6) is 0 Å². The number of benzene rings is 1. The van der Waals surface area contributed by atoms with Gasteiger partial charge >= 0.3 is 5.97 Å². The zero-order chi connectivity index (χ0) is 13.8. The maximum atomic E-state index is 11.5. The molecule has 0 atom stereocenters. The summed E-state index contributed by atoms with van der Waals surface area (Å²) in [6.07, 6.45) is 2.43. The number of rotatable bonds is 4. The molecule has 0 unspecified atom stereocenters. The molecule has 0 radical (unpaired) electrons. The first-order valence-electron chi connectivity index (χ1n) is 5.94. The number of carboxylic acid groups (broad SMARTS) is 1. The highest BCUT2D eigenvalue weighted by molar-refractivity contribution is 5.86. The first kappa shape index (κ1) is 13.0. The Balaban J connectivity index is 2.13. The number of H-pyrrole nitrogens is 1. The molecule has 0 aliphatic heterocycles. The number of hydrogen-bond donors (Lipinski definition) is 2. The van der Waals surface area contributed by atoms with Crippen LogP contribution in [0.1, 0.15) is 27.3 Å². The molecule has 0 fully saturated rings. The van der Waals surface area contributed by atoms with Crippen molar-refractivity contribution in [2.24, 2.45) is 0 Å². The largest absolute Gasteiger partial charge is 0.477 e. The van der Waals surface area contributed by atoms with Gasteiger partial charge in [-0.3, -0.25) is 4.79 Å². The molecule has 2 aromatic rings. The van der Waals surface area contributed by atoms with Crippen LogP contribution in [0.15, 0.2) is 35.3 Å². The van der Waals surface area contributed by atoms with Crippen molar-refractivity contribution in [2.45, 2.75) is 19.8 Å². The lowest BCUT2D eigenvalue weighted by atomic mass is 10.0. The number of nitrogens with one attached hydrogen (secondary N) is 1. The fraction of sp³-hybridized carbons (Fsp3) is 0.214. The van der Waals surface area contributed by atoms with Crippen molar-refractivity contribution in [1.29, 1.82) is 0 Å². The number of carbonyl (C=O) groups is 1. The molecule has 0 aliphatic carbocycles. The summed E-state index contributed by atoms with van der Waals surface area (Å²) in [6.45, 7) is 2.03. The van der Waals surface area contributed by atoms with E-state index in [0.29, 0.717) is 12.2 Å². The molecular formula is C14H14N2O3. The van der Waals surface area contributed by atoms with Crippen molar-refractivity contribution < 1.29 is 9.90 Å². The summed E-state index contributed by atoms with van der Waals surface area (Å²) in [5.41, 5.74) is 1.43. The molecular weight excluding hydrogens is 244 g/mol. The fourth-order valence-corrected chi connectivity index (χ4v) is 1.85. The van der Waals surface area contributed by atoms with Crippen molar-refractivity contribution in [3.8, 4) is 0 Å². The Morgan fingerprint density at radius 2 is 2.05 bits per heavy atom. The van der Waals surface area contributed by atoms with E-state index in [-0.39, 0.29) is 5.56 Å². The monoisotopic (exact) mass is 258 g/mol. The van der Waals surface area contributed by atoms with Crippen LogP contribution in [0, 0.1) is 6.92 Å². The number of aromatic amines is 1. The highest BCUT2D eigenvalue weighted by Gasteiger charge is 2.09. The first-order valence-corrected chi connectivity index (χ1v) is 5.94. The highest BCUT2D eigenvalue weighted by atomic mass is 16.4. The fourth-order valence-electron chi connectivity index (χ4n) is 1.85. The minimum Gasteiger partial charge on any atom is -0.477 e. The van der Waals surface area contributed by atoms with E-state index in [0.717, 1.165) is 12.6 Å². The van der Waals surface area contributed by atoms with Crippen molar-refractivity contribution in [3.05, 3.63) is 63.3 Å². The van der Waals surface area contributed by atoms with Crippen LogP contribution >= 0.6 is 0 Å². The molecule has 5 heteroatoms. The maximum Gasteiger partial charge on any atom is 0.342 e. The Morgan fingerprint density at radius 3 is 2.68 bits per heavy atom. The van der Waals surface area contributed by atoms with Gasteiger partial charge in [-0.25, -0.2) is 9.78 Å². The summed E-state index contributed by atoms with van der Waals surface area (Å²) in [4.78, 5) is 28.6. The minimum absolute atomic E-state index is 0.334. The van der Waals surface area contributed by atoms with E-state index in [2.05, 4.69) is 9.97 Å². The molecule has 0 spiro atoms. The van der Waals surface area contributed by atoms with E-state index in [9.17, 15) is 9.59 Å². The second-order valence-corrected chi connectivity index (χ2v) is 4.30. The van der Waals surface area contributed by atoms with Gasteiger partial charge < -0.3 is 10.1 Å². The van der Waals surface area contributed by atoms with E-state index >= 15 is 0 Å². The topological polar surface area (TPSA) is 83.0 Å². The highest BCUT2D eigenvalue weighted by Crippen LogP contribution is 2.09. The molecule has 98 valence electrons. The Bertz CT molecular complexity index is 662. The molecule has 0 bridgehead atoms. The number of nitrogens with zero attached hydrogens (tertiary/aromatic N) is 1. The van der Waals surface area contributed by atoms with Crippen LogP contribution in [-0.2, 0) is 12.8 Å². The number of hydrogen-bond acceptors (Lipinski definition) is 3. The van der Waals surface area contributed by atoms with Crippen molar-refractivity contribution in [1.82, 2.24) is 9.97 Å². The van der Waals surface area contributed by atoms with Crippen molar-refractivity contribution >= 4 is 5.97 Å². The molecule has 19 heavy (non-hydrogen) atoms. The summed E-state index contributed by atoms with van der Waals surface area (Å²) in [6, 6.07) is 7.99. The Kier molecular flexibility index (Phi) is 3.75. The third-order valence-electron chi connectivity index (χ3n) is 2.97. The first-order chi connectivity index (χ1) is 9.08. The van der Waals surface area contributed by atoms with Crippen molar-refractivity contribution in [3.63, 3.8) is 0 Å². The van der Waals surface area contributed by atoms with E-state index < -0.39 is 11.5 Å². The zero-order valence-corrected chi connectivity index (χ0v) is 10.5. The summed E-state index contributed by atoms with van der Waals surface area (Å²) in [5, 5.41) is 8.74. The van der Waals surface area contributed by atoms with Crippen LogP contribution in [0.25, 0.3) is 0 Å². The lowest BCUT2D eigenvalue weighted by Crippen LogP contribution is -2.20. The average molecular weight is 258 g/mol. The van der Waals surface area contributed by atoms with E-state index in [4.69, 9.17) is 5.11 Å². The molecule has 0 saturated carbocycles. The summed E-state index contributed by atoms with van der Waals surface area (Å²) < 4.78 is 0. The van der Waals surface area contributed by atoms with E-state index in [1.165, 1.54) is 11.1 Å². The standard InChI is InChI=1S/C14H14N2O3/c1-9-4-2-3-5-10(9)6-7-12-15-8-11(14(18)19)13(17)16-12/h2-5,8H,6-7H2,1H3,(H,18,19)(H,15,16,17). The number of aryl methyl sites for hydroxylation is 3. The molecule has 5 nitrogen and oxygen atoms in total. The maximum absolute atomic E-state index is 11.5. The molecule has 1 heterocycles. The smallest absolute Gasteiger partial charge is 0.342 e. The van der Waals surface area contributed by atoms with Crippen LogP contribution < -0.4 is 5.56 Å². The van der Waals surface area contributed by atoms with Gasteiger partial charge in [0.1, 0.15) is 11.4 Å². The lowest BCUT2D eigenvalue weighted by molar-refractivity contribution is 0.0694. The predicted octanol–water partition coefficient (Wildman–Crippen LogP) is 1.56. The van der Waals surface area contributed by atoms with E-state index in [1.54, 1.807) is 0 Å². The van der Waals surface area contributed by atoms with Gasteiger partial charge in [0.15, 0.2) is 0 Å². The molecule has 1 aromatic heterocycles. The van der Waals surface area contributed by atoms with Crippen LogP contribution in [-0.4, -0.2) is 21.0 Å². The van der Waals surface area contributed by atoms with Crippen LogP contribution in [0.3, 0.4) is 0 Å². The molecule has 1 aromatic carbocycles. The molecule has 2 rings (SSSR count). The number of aromatic carboxylic acids is 1. The van der Waals surface area contributed by atoms with Gasteiger partial charge in [0, 0.05) is 12.6 Å².